The summed E-state index contributed by atoms with van der Waals surface area (Å²) in [6.45, 7) is 8.32. The standard InChI is InChI=1S/C36H30BNO3/c1-35(2)36(3,4)41-37(40-35)25-16-19-33-30(22-25)28-17-14-24(21-34(28)39-33)23-15-18-32-29(20-23)27-12-8-9-13-31(27)38(32)26-10-6-5-7-11-26/h5-22H,1-4H3. The molecule has 41 heavy (non-hydrogen) atoms. The lowest BCUT2D eigenvalue weighted by Gasteiger charge is -2.32. The van der Waals surface area contributed by atoms with Gasteiger partial charge in [0, 0.05) is 27.2 Å². The van der Waals surface area contributed by atoms with Gasteiger partial charge in [-0.25, -0.2) is 0 Å². The molecule has 1 saturated heterocycles. The predicted octanol–water partition coefficient (Wildman–Crippen LogP) is 8.65. The number of para-hydroxylation sites is 2. The molecule has 200 valence electrons. The molecular formula is C36H30BNO3. The van der Waals surface area contributed by atoms with Crippen LogP contribution in [0.5, 0.6) is 0 Å². The first-order chi connectivity index (χ1) is 19.8. The third kappa shape index (κ3) is 3.69. The molecule has 4 nitrogen and oxygen atoms in total. The molecular weight excluding hydrogens is 505 g/mol. The zero-order chi connectivity index (χ0) is 27.9. The molecule has 1 aliphatic rings. The van der Waals surface area contributed by atoms with Gasteiger partial charge in [-0.3, -0.25) is 0 Å². The number of fused-ring (bicyclic) bond motifs is 6. The van der Waals surface area contributed by atoms with E-state index >= 15 is 0 Å². The van der Waals surface area contributed by atoms with E-state index in [1.807, 2.05) is 12.1 Å². The van der Waals surface area contributed by atoms with Gasteiger partial charge in [0.2, 0.25) is 0 Å². The average Bonchev–Trinajstić information content (AvgIpc) is 3.58. The van der Waals surface area contributed by atoms with Gasteiger partial charge in [0.05, 0.1) is 22.2 Å². The Bertz CT molecular complexity index is 2100. The maximum absolute atomic E-state index is 6.35. The van der Waals surface area contributed by atoms with Crippen LogP contribution < -0.4 is 5.46 Å². The number of aromatic nitrogens is 1. The fourth-order valence-corrected chi connectivity index (χ4v) is 6.11. The van der Waals surface area contributed by atoms with Crippen molar-refractivity contribution in [3.8, 4) is 16.8 Å². The van der Waals surface area contributed by atoms with Crippen molar-refractivity contribution in [2.24, 2.45) is 0 Å². The molecule has 3 heterocycles. The summed E-state index contributed by atoms with van der Waals surface area (Å²) in [4.78, 5) is 0. The van der Waals surface area contributed by atoms with E-state index in [1.165, 1.54) is 21.8 Å². The quantitative estimate of drug-likeness (QED) is 0.213. The SMILES string of the molecule is CC1(C)OB(c2ccc3oc4cc(-c5ccc6c(c5)c5ccccc5n6-c5ccccc5)ccc4c3c2)OC1(C)C. The Labute approximate surface area is 239 Å². The highest BCUT2D eigenvalue weighted by Crippen LogP contribution is 2.39. The van der Waals surface area contributed by atoms with Gasteiger partial charge in [-0.2, -0.15) is 0 Å². The third-order valence-corrected chi connectivity index (χ3v) is 9.04. The van der Waals surface area contributed by atoms with Gasteiger partial charge in [-0.15, -0.1) is 0 Å². The van der Waals surface area contributed by atoms with Gasteiger partial charge in [0.25, 0.3) is 0 Å². The Morgan fingerprint density at radius 2 is 1.22 bits per heavy atom. The fraction of sp³-hybridized carbons (Fsp3) is 0.167. The monoisotopic (exact) mass is 535 g/mol. The summed E-state index contributed by atoms with van der Waals surface area (Å²) in [7, 11) is -0.404. The van der Waals surface area contributed by atoms with Crippen LogP contribution in [0.2, 0.25) is 0 Å². The third-order valence-electron chi connectivity index (χ3n) is 9.04. The maximum Gasteiger partial charge on any atom is 0.494 e. The van der Waals surface area contributed by atoms with Crippen LogP contribution in [0.1, 0.15) is 27.7 Å². The molecule has 0 N–H and O–H groups in total. The van der Waals surface area contributed by atoms with E-state index in [2.05, 4.69) is 129 Å². The highest BCUT2D eigenvalue weighted by atomic mass is 16.7. The summed E-state index contributed by atoms with van der Waals surface area (Å²) in [6, 6.07) is 38.7. The van der Waals surface area contributed by atoms with E-state index in [9.17, 15) is 0 Å². The van der Waals surface area contributed by atoms with Crippen LogP contribution in [0.3, 0.4) is 0 Å². The van der Waals surface area contributed by atoms with Gasteiger partial charge in [0.15, 0.2) is 0 Å². The Hall–Kier alpha value is -4.32. The van der Waals surface area contributed by atoms with Crippen molar-refractivity contribution in [3.05, 3.63) is 109 Å². The molecule has 0 unspecified atom stereocenters. The summed E-state index contributed by atoms with van der Waals surface area (Å²) in [6.07, 6.45) is 0. The summed E-state index contributed by atoms with van der Waals surface area (Å²) >= 11 is 0. The van der Waals surface area contributed by atoms with Crippen LogP contribution in [0.4, 0.5) is 0 Å². The van der Waals surface area contributed by atoms with Gasteiger partial charge < -0.3 is 18.3 Å². The van der Waals surface area contributed by atoms with Crippen LogP contribution >= 0.6 is 0 Å². The second-order valence-electron chi connectivity index (χ2n) is 12.1. The Balaban J connectivity index is 1.22. The number of nitrogens with zero attached hydrogens (tertiary/aromatic N) is 1. The molecule has 0 radical (unpaired) electrons. The number of benzene rings is 5. The summed E-state index contributed by atoms with van der Waals surface area (Å²) in [5, 5.41) is 4.64. The first kappa shape index (κ1) is 24.5. The number of rotatable bonds is 3. The van der Waals surface area contributed by atoms with Gasteiger partial charge in [-0.1, -0.05) is 60.7 Å². The summed E-state index contributed by atoms with van der Waals surface area (Å²) in [5.41, 5.74) is 7.82. The van der Waals surface area contributed by atoms with Crippen LogP contribution in [-0.2, 0) is 9.31 Å². The molecule has 5 aromatic carbocycles. The Kier molecular flexibility index (Phi) is 5.13. The van der Waals surface area contributed by atoms with Crippen molar-refractivity contribution in [1.82, 2.24) is 4.57 Å². The Morgan fingerprint density at radius 1 is 0.537 bits per heavy atom. The second kappa shape index (κ2) is 8.59. The minimum atomic E-state index is -0.404. The lowest BCUT2D eigenvalue weighted by atomic mass is 9.78. The van der Waals surface area contributed by atoms with E-state index in [4.69, 9.17) is 13.7 Å². The summed E-state index contributed by atoms with van der Waals surface area (Å²) < 4.78 is 21.3. The van der Waals surface area contributed by atoms with Crippen molar-refractivity contribution in [2.45, 2.75) is 38.9 Å². The van der Waals surface area contributed by atoms with Crippen molar-refractivity contribution < 1.29 is 13.7 Å². The largest absolute Gasteiger partial charge is 0.494 e. The highest BCUT2D eigenvalue weighted by Gasteiger charge is 2.51. The van der Waals surface area contributed by atoms with Crippen LogP contribution in [-0.4, -0.2) is 22.9 Å². The number of hydrogen-bond acceptors (Lipinski definition) is 3. The molecule has 5 heteroatoms. The lowest BCUT2D eigenvalue weighted by molar-refractivity contribution is 0.00578. The second-order valence-corrected chi connectivity index (χ2v) is 12.1. The number of furan rings is 1. The average molecular weight is 535 g/mol. The van der Waals surface area contributed by atoms with Gasteiger partial charge >= 0.3 is 7.12 Å². The van der Waals surface area contributed by atoms with Gasteiger partial charge in [-0.05, 0) is 92.8 Å². The van der Waals surface area contributed by atoms with Crippen molar-refractivity contribution in [3.63, 3.8) is 0 Å². The molecule has 2 aromatic heterocycles. The van der Waals surface area contributed by atoms with Crippen LogP contribution in [0.25, 0.3) is 60.6 Å². The highest BCUT2D eigenvalue weighted by molar-refractivity contribution is 6.62. The van der Waals surface area contributed by atoms with Gasteiger partial charge in [0.1, 0.15) is 11.2 Å². The molecule has 0 aliphatic carbocycles. The zero-order valence-electron chi connectivity index (χ0n) is 23.6. The molecule has 1 fully saturated rings. The molecule has 1 aliphatic heterocycles. The Morgan fingerprint density at radius 3 is 2.02 bits per heavy atom. The number of hydrogen-bond donors (Lipinski definition) is 0. The topological polar surface area (TPSA) is 36.5 Å². The summed E-state index contributed by atoms with van der Waals surface area (Å²) in [5.74, 6) is 0. The molecule has 0 saturated carbocycles. The molecule has 0 amide bonds. The van der Waals surface area contributed by atoms with E-state index < -0.39 is 7.12 Å². The molecule has 0 atom stereocenters. The molecule has 8 rings (SSSR count). The van der Waals surface area contributed by atoms with Crippen LogP contribution in [0.15, 0.2) is 114 Å². The van der Waals surface area contributed by atoms with E-state index in [0.29, 0.717) is 0 Å². The minimum absolute atomic E-state index is 0.380. The first-order valence-corrected chi connectivity index (χ1v) is 14.2. The van der Waals surface area contributed by atoms with Crippen molar-refractivity contribution in [1.29, 1.82) is 0 Å². The molecule has 7 aromatic rings. The van der Waals surface area contributed by atoms with Crippen molar-refractivity contribution in [2.75, 3.05) is 0 Å². The first-order valence-electron chi connectivity index (χ1n) is 14.2. The lowest BCUT2D eigenvalue weighted by Crippen LogP contribution is -2.41. The van der Waals surface area contributed by atoms with Crippen molar-refractivity contribution >= 4 is 56.3 Å². The normalized spacial score (nSPS) is 16.4. The zero-order valence-corrected chi connectivity index (χ0v) is 23.6. The maximum atomic E-state index is 6.35. The predicted molar refractivity (Wildman–Crippen MR) is 169 cm³/mol. The smallest absolute Gasteiger partial charge is 0.456 e. The fourth-order valence-electron chi connectivity index (χ4n) is 6.11. The van der Waals surface area contributed by atoms with E-state index in [0.717, 1.165) is 44.2 Å². The molecule has 0 spiro atoms. The minimum Gasteiger partial charge on any atom is -0.456 e. The van der Waals surface area contributed by atoms with Crippen LogP contribution in [0, 0.1) is 0 Å². The van der Waals surface area contributed by atoms with E-state index in [1.54, 1.807) is 0 Å². The van der Waals surface area contributed by atoms with E-state index in [-0.39, 0.29) is 11.2 Å². The molecule has 0 bridgehead atoms.